The zero-order valence-corrected chi connectivity index (χ0v) is 13.5. The summed E-state index contributed by atoms with van der Waals surface area (Å²) in [4.78, 5) is 0. The van der Waals surface area contributed by atoms with Crippen LogP contribution < -0.4 is 0 Å². The van der Waals surface area contributed by atoms with E-state index in [9.17, 15) is 0 Å². The summed E-state index contributed by atoms with van der Waals surface area (Å²) in [6.07, 6.45) is 10.4. The Morgan fingerprint density at radius 3 is 1.95 bits per heavy atom. The Morgan fingerprint density at radius 2 is 1.32 bits per heavy atom. The fourth-order valence-electron chi connectivity index (χ4n) is 3.26. The first kappa shape index (κ1) is 15.1. The van der Waals surface area contributed by atoms with Gasteiger partial charge in [-0.3, -0.25) is 0 Å². The largest absolute Gasteiger partial charge is 0.0654 e. The summed E-state index contributed by atoms with van der Waals surface area (Å²) in [6, 6.07) is 19.8. The van der Waals surface area contributed by atoms with E-state index in [2.05, 4.69) is 67.9 Å². The molecule has 0 aliphatic carbocycles. The van der Waals surface area contributed by atoms with E-state index >= 15 is 0 Å². The molecular formula is C22H25. The highest BCUT2D eigenvalue weighted by atomic mass is 14.1. The highest BCUT2D eigenvalue weighted by Gasteiger charge is 2.07. The maximum Gasteiger partial charge on any atom is -0.00803 e. The van der Waals surface area contributed by atoms with Crippen LogP contribution in [-0.4, -0.2) is 0 Å². The molecule has 0 spiro atoms. The Labute approximate surface area is 134 Å². The molecule has 0 amide bonds. The number of rotatable bonds is 7. The van der Waals surface area contributed by atoms with Gasteiger partial charge in [0, 0.05) is 0 Å². The van der Waals surface area contributed by atoms with Crippen LogP contribution in [0.3, 0.4) is 0 Å². The third kappa shape index (κ3) is 3.32. The second kappa shape index (κ2) is 7.45. The normalized spacial score (nSPS) is 11.3. The van der Waals surface area contributed by atoms with Crippen LogP contribution in [-0.2, 0) is 0 Å². The summed E-state index contributed by atoms with van der Waals surface area (Å²) >= 11 is 0. The third-order valence-corrected chi connectivity index (χ3v) is 4.47. The Kier molecular flexibility index (Phi) is 5.11. The van der Waals surface area contributed by atoms with Gasteiger partial charge in [-0.05, 0) is 46.0 Å². The van der Waals surface area contributed by atoms with Gasteiger partial charge in [-0.2, -0.15) is 0 Å². The van der Waals surface area contributed by atoms with Crippen LogP contribution in [0.25, 0.3) is 21.5 Å². The molecule has 22 heavy (non-hydrogen) atoms. The van der Waals surface area contributed by atoms with Crippen LogP contribution in [0.2, 0.25) is 0 Å². The van der Waals surface area contributed by atoms with Gasteiger partial charge in [-0.15, -0.1) is 0 Å². The zero-order chi connectivity index (χ0) is 15.2. The van der Waals surface area contributed by atoms with E-state index in [1.54, 1.807) is 0 Å². The minimum atomic E-state index is 1.18. The molecule has 0 heterocycles. The minimum absolute atomic E-state index is 1.18. The summed E-state index contributed by atoms with van der Waals surface area (Å²) in [5, 5.41) is 5.46. The molecule has 0 unspecified atom stereocenters. The van der Waals surface area contributed by atoms with E-state index < -0.39 is 0 Å². The van der Waals surface area contributed by atoms with Gasteiger partial charge in [-0.1, -0.05) is 87.6 Å². The molecule has 3 aromatic rings. The maximum absolute atomic E-state index is 2.45. The van der Waals surface area contributed by atoms with Crippen molar-refractivity contribution in [2.45, 2.75) is 45.4 Å². The topological polar surface area (TPSA) is 0 Å². The van der Waals surface area contributed by atoms with Crippen molar-refractivity contribution in [2.24, 2.45) is 0 Å². The average molecular weight is 289 g/mol. The molecule has 0 aliphatic heterocycles. The molecule has 0 heteroatoms. The predicted molar refractivity (Wildman–Crippen MR) is 98.2 cm³/mol. The Balaban J connectivity index is 1.85. The Bertz CT molecular complexity index is 685. The van der Waals surface area contributed by atoms with Crippen molar-refractivity contribution >= 4 is 21.5 Å². The molecule has 0 saturated carbocycles. The summed E-state index contributed by atoms with van der Waals surface area (Å²) in [5.74, 6) is 0. The lowest BCUT2D eigenvalue weighted by Crippen LogP contribution is -1.89. The van der Waals surface area contributed by atoms with Crippen molar-refractivity contribution in [3.8, 4) is 0 Å². The number of unbranched alkanes of at least 4 members (excludes halogenated alkanes) is 5. The molecule has 0 aliphatic rings. The van der Waals surface area contributed by atoms with Crippen molar-refractivity contribution in [1.29, 1.82) is 0 Å². The predicted octanol–water partition coefficient (Wildman–Crippen LogP) is 6.91. The van der Waals surface area contributed by atoms with Gasteiger partial charge >= 0.3 is 0 Å². The Morgan fingerprint density at radius 1 is 0.727 bits per heavy atom. The van der Waals surface area contributed by atoms with E-state index in [-0.39, 0.29) is 0 Å². The lowest BCUT2D eigenvalue weighted by Gasteiger charge is -2.11. The fraction of sp³-hybridized carbons (Fsp3) is 0.318. The molecule has 0 bridgehead atoms. The smallest absolute Gasteiger partial charge is 0.00803 e. The highest BCUT2D eigenvalue weighted by molar-refractivity contribution is 6.03. The summed E-state index contributed by atoms with van der Waals surface area (Å²) < 4.78 is 0. The van der Waals surface area contributed by atoms with Gasteiger partial charge in [0.1, 0.15) is 0 Å². The average Bonchev–Trinajstić information content (AvgIpc) is 2.57. The molecular weight excluding hydrogens is 264 g/mol. The molecule has 3 rings (SSSR count). The molecule has 0 nitrogen and oxygen atoms in total. The first-order valence-corrected chi connectivity index (χ1v) is 8.64. The van der Waals surface area contributed by atoms with Crippen molar-refractivity contribution in [2.75, 3.05) is 0 Å². The van der Waals surface area contributed by atoms with Crippen LogP contribution in [0.4, 0.5) is 0 Å². The molecule has 0 fully saturated rings. The molecule has 3 aromatic carbocycles. The van der Waals surface area contributed by atoms with E-state index in [0.717, 1.165) is 0 Å². The maximum atomic E-state index is 2.45. The van der Waals surface area contributed by atoms with Gasteiger partial charge in [0.15, 0.2) is 0 Å². The number of fused-ring (bicyclic) bond motifs is 2. The van der Waals surface area contributed by atoms with E-state index in [4.69, 9.17) is 0 Å². The summed E-state index contributed by atoms with van der Waals surface area (Å²) in [5.41, 5.74) is 1.42. The van der Waals surface area contributed by atoms with Gasteiger partial charge in [0.2, 0.25) is 0 Å². The standard InChI is InChI=1S/C22H25/c1-2-3-4-5-6-7-16-22-20-14-10-8-12-18(20)17-19-13-9-11-15-21(19)22/h8-17H,2-7H2,1H3. The molecule has 0 saturated heterocycles. The molecule has 0 atom stereocenters. The highest BCUT2D eigenvalue weighted by Crippen LogP contribution is 2.30. The van der Waals surface area contributed by atoms with E-state index in [1.807, 2.05) is 0 Å². The van der Waals surface area contributed by atoms with Crippen LogP contribution in [0.15, 0.2) is 54.6 Å². The lowest BCUT2D eigenvalue weighted by atomic mass is 9.93. The summed E-state index contributed by atoms with van der Waals surface area (Å²) in [6.45, 7) is 2.27. The lowest BCUT2D eigenvalue weighted by molar-refractivity contribution is 0.631. The third-order valence-electron chi connectivity index (χ3n) is 4.47. The Hall–Kier alpha value is -1.82. The van der Waals surface area contributed by atoms with Crippen molar-refractivity contribution < 1.29 is 0 Å². The second-order valence-electron chi connectivity index (χ2n) is 6.14. The SMILES string of the molecule is CCCCCCC[CH]c1c2ccccc2cc2ccccc12. The van der Waals surface area contributed by atoms with Crippen LogP contribution in [0.1, 0.15) is 51.0 Å². The van der Waals surface area contributed by atoms with Crippen molar-refractivity contribution in [1.82, 2.24) is 0 Å². The van der Waals surface area contributed by atoms with E-state index in [0.29, 0.717) is 0 Å². The second-order valence-corrected chi connectivity index (χ2v) is 6.14. The molecule has 113 valence electrons. The quantitative estimate of drug-likeness (QED) is 0.327. The number of hydrogen-bond acceptors (Lipinski definition) is 0. The number of benzene rings is 3. The molecule has 1 radical (unpaired) electrons. The van der Waals surface area contributed by atoms with Gasteiger partial charge in [-0.25, -0.2) is 0 Å². The van der Waals surface area contributed by atoms with Gasteiger partial charge in [0.25, 0.3) is 0 Å². The van der Waals surface area contributed by atoms with Crippen molar-refractivity contribution in [3.63, 3.8) is 0 Å². The first-order valence-electron chi connectivity index (χ1n) is 8.64. The monoisotopic (exact) mass is 289 g/mol. The molecule has 0 aromatic heterocycles. The first-order chi connectivity index (χ1) is 10.9. The summed E-state index contributed by atoms with van der Waals surface area (Å²) in [7, 11) is 0. The van der Waals surface area contributed by atoms with Gasteiger partial charge in [0.05, 0.1) is 0 Å². The fourth-order valence-corrected chi connectivity index (χ4v) is 3.26. The zero-order valence-electron chi connectivity index (χ0n) is 13.5. The van der Waals surface area contributed by atoms with E-state index in [1.165, 1.54) is 65.6 Å². The van der Waals surface area contributed by atoms with Crippen LogP contribution >= 0.6 is 0 Å². The number of hydrogen-bond donors (Lipinski definition) is 0. The van der Waals surface area contributed by atoms with Crippen molar-refractivity contribution in [3.05, 3.63) is 66.6 Å². The van der Waals surface area contributed by atoms with Gasteiger partial charge < -0.3 is 0 Å². The van der Waals surface area contributed by atoms with Crippen LogP contribution in [0, 0.1) is 6.42 Å². The van der Waals surface area contributed by atoms with Crippen LogP contribution in [0.5, 0.6) is 0 Å². The molecule has 0 N–H and O–H groups in total. The minimum Gasteiger partial charge on any atom is -0.0654 e.